The Balaban J connectivity index is 2.40. The second-order valence-electron chi connectivity index (χ2n) is 3.99. The molecule has 1 unspecified atom stereocenters. The molecule has 0 nitrogen and oxygen atoms in total. The number of hydrogen-bond donors (Lipinski definition) is 0. The Labute approximate surface area is 79.4 Å². The summed E-state index contributed by atoms with van der Waals surface area (Å²) in [5, 5.41) is 0. The third kappa shape index (κ3) is 1.39. The van der Waals surface area contributed by atoms with Crippen LogP contribution in [0, 0.1) is 12.7 Å². The van der Waals surface area contributed by atoms with Crippen molar-refractivity contribution < 1.29 is 4.39 Å². The van der Waals surface area contributed by atoms with E-state index < -0.39 is 0 Å². The van der Waals surface area contributed by atoms with E-state index in [0.717, 1.165) is 25.1 Å². The number of benzene rings is 1. The Hall–Kier alpha value is -0.785. The van der Waals surface area contributed by atoms with E-state index >= 15 is 0 Å². The van der Waals surface area contributed by atoms with Gasteiger partial charge in [-0.25, -0.2) is 4.39 Å². The maximum Gasteiger partial charge on any atom is 0.162 e. The molecule has 0 spiro atoms. The van der Waals surface area contributed by atoms with E-state index in [0.29, 0.717) is 0 Å². The summed E-state index contributed by atoms with van der Waals surface area (Å²) >= 11 is 0. The molecule has 0 radical (unpaired) electrons. The molecule has 68 valence electrons. The van der Waals surface area contributed by atoms with E-state index in [1.54, 1.807) is 6.07 Å². The van der Waals surface area contributed by atoms with Crippen molar-refractivity contribution in [2.75, 3.05) is 0 Å². The first-order valence-corrected chi connectivity index (χ1v) is 4.99. The van der Waals surface area contributed by atoms with Crippen molar-refractivity contribution in [3.05, 3.63) is 29.1 Å². The highest BCUT2D eigenvalue weighted by atomic mass is 19.1. The van der Waals surface area contributed by atoms with Gasteiger partial charge in [0, 0.05) is 0 Å². The lowest BCUT2D eigenvalue weighted by Crippen LogP contribution is -2.18. The van der Waals surface area contributed by atoms with Gasteiger partial charge in [0.2, 0.25) is 0 Å². The molecule has 0 saturated carbocycles. The Kier molecular flexibility index (Phi) is 2.14. The molecule has 13 heavy (non-hydrogen) atoms. The van der Waals surface area contributed by atoms with E-state index in [4.69, 9.17) is 0 Å². The summed E-state index contributed by atoms with van der Waals surface area (Å²) < 4.78 is 13.2. The molecule has 0 aliphatic carbocycles. The van der Waals surface area contributed by atoms with Crippen molar-refractivity contribution in [3.63, 3.8) is 0 Å². The molecular weight excluding hydrogens is 162 g/mol. The van der Waals surface area contributed by atoms with Gasteiger partial charge >= 0.3 is 0 Å². The maximum absolute atomic E-state index is 13.2. The minimum atomic E-state index is -0.0458. The van der Waals surface area contributed by atoms with Gasteiger partial charge in [0.1, 0.15) is 5.82 Å². The summed E-state index contributed by atoms with van der Waals surface area (Å²) in [7, 11) is 1.08. The standard InChI is InChI=1S/C11H14BF/c1-3-9-6-8-4-5-10(13)7(2)11(8)12-9/h4-5,9,12H,3,6H2,1-2H3. The van der Waals surface area contributed by atoms with Crippen LogP contribution in [0.25, 0.3) is 0 Å². The normalized spacial score (nSPS) is 19.8. The van der Waals surface area contributed by atoms with Crippen molar-refractivity contribution in [2.45, 2.75) is 32.5 Å². The Morgan fingerprint density at radius 2 is 2.31 bits per heavy atom. The van der Waals surface area contributed by atoms with E-state index in [1.807, 2.05) is 13.0 Å². The van der Waals surface area contributed by atoms with Gasteiger partial charge in [0.05, 0.1) is 0 Å². The predicted molar refractivity (Wildman–Crippen MR) is 55.7 cm³/mol. The first-order valence-electron chi connectivity index (χ1n) is 4.99. The number of fused-ring (bicyclic) bond motifs is 1. The fraction of sp³-hybridized carbons (Fsp3) is 0.455. The molecule has 1 aliphatic heterocycles. The summed E-state index contributed by atoms with van der Waals surface area (Å²) in [5.74, 6) is 0.700. The minimum absolute atomic E-state index is 0.0458. The summed E-state index contributed by atoms with van der Waals surface area (Å²) in [4.78, 5) is 0. The number of hydrogen-bond acceptors (Lipinski definition) is 0. The highest BCUT2D eigenvalue weighted by Gasteiger charge is 2.23. The van der Waals surface area contributed by atoms with Crippen LogP contribution in [0.5, 0.6) is 0 Å². The summed E-state index contributed by atoms with van der Waals surface area (Å²) in [5.41, 5.74) is 3.51. The van der Waals surface area contributed by atoms with Gasteiger partial charge in [0.25, 0.3) is 0 Å². The molecule has 0 bridgehead atoms. The molecule has 2 heteroatoms. The Morgan fingerprint density at radius 1 is 1.54 bits per heavy atom. The number of rotatable bonds is 1. The third-order valence-electron chi connectivity index (χ3n) is 3.21. The van der Waals surface area contributed by atoms with E-state index in [1.165, 1.54) is 17.4 Å². The number of halogens is 1. The van der Waals surface area contributed by atoms with Crippen molar-refractivity contribution in [2.24, 2.45) is 0 Å². The van der Waals surface area contributed by atoms with Crippen molar-refractivity contribution in [1.82, 2.24) is 0 Å². The van der Waals surface area contributed by atoms with Crippen LogP contribution in [0.2, 0.25) is 5.82 Å². The largest absolute Gasteiger partial charge is 0.207 e. The SMILES string of the molecule is CCC1Bc2c(ccc(F)c2C)C1. The monoisotopic (exact) mass is 176 g/mol. The summed E-state index contributed by atoms with van der Waals surface area (Å²) in [6.07, 6.45) is 2.35. The molecule has 0 fully saturated rings. The molecule has 0 amide bonds. The van der Waals surface area contributed by atoms with Gasteiger partial charge in [-0.1, -0.05) is 36.3 Å². The minimum Gasteiger partial charge on any atom is -0.207 e. The lowest BCUT2D eigenvalue weighted by atomic mass is 9.62. The Bertz CT molecular complexity index is 333. The average molecular weight is 176 g/mol. The van der Waals surface area contributed by atoms with Gasteiger partial charge < -0.3 is 0 Å². The highest BCUT2D eigenvalue weighted by Crippen LogP contribution is 2.24. The molecule has 2 rings (SSSR count). The van der Waals surface area contributed by atoms with Crippen molar-refractivity contribution in [1.29, 1.82) is 0 Å². The molecule has 1 heterocycles. The first kappa shape index (κ1) is 8.80. The second kappa shape index (κ2) is 3.17. The zero-order valence-electron chi connectivity index (χ0n) is 8.23. The molecule has 0 saturated heterocycles. The van der Waals surface area contributed by atoms with E-state index in [2.05, 4.69) is 6.92 Å². The van der Waals surface area contributed by atoms with Crippen LogP contribution in [-0.2, 0) is 6.42 Å². The predicted octanol–water partition coefficient (Wildman–Crippen LogP) is 1.95. The average Bonchev–Trinajstić information content (AvgIpc) is 2.55. The summed E-state index contributed by atoms with van der Waals surface area (Å²) in [6, 6.07) is 3.56. The van der Waals surface area contributed by atoms with Crippen LogP contribution in [0.1, 0.15) is 24.5 Å². The fourth-order valence-electron chi connectivity index (χ4n) is 2.22. The summed E-state index contributed by atoms with van der Waals surface area (Å²) in [6.45, 7) is 4.11. The van der Waals surface area contributed by atoms with Crippen LogP contribution in [0.4, 0.5) is 4.39 Å². The van der Waals surface area contributed by atoms with Crippen molar-refractivity contribution >= 4 is 12.7 Å². The van der Waals surface area contributed by atoms with E-state index in [-0.39, 0.29) is 5.82 Å². The maximum atomic E-state index is 13.2. The molecular formula is C11H14BF. The van der Waals surface area contributed by atoms with Crippen LogP contribution >= 0.6 is 0 Å². The van der Waals surface area contributed by atoms with Gasteiger partial charge in [-0.3, -0.25) is 0 Å². The second-order valence-corrected chi connectivity index (χ2v) is 3.99. The fourth-order valence-corrected chi connectivity index (χ4v) is 2.22. The highest BCUT2D eigenvalue weighted by molar-refractivity contribution is 6.57. The van der Waals surface area contributed by atoms with Crippen LogP contribution in [-0.4, -0.2) is 7.28 Å². The quantitative estimate of drug-likeness (QED) is 0.573. The topological polar surface area (TPSA) is 0 Å². The lowest BCUT2D eigenvalue weighted by molar-refractivity contribution is 0.619. The molecule has 1 aromatic rings. The van der Waals surface area contributed by atoms with Crippen LogP contribution in [0.15, 0.2) is 12.1 Å². The molecule has 1 aliphatic rings. The molecule has 0 N–H and O–H groups in total. The van der Waals surface area contributed by atoms with Gasteiger partial charge in [-0.05, 0) is 25.0 Å². The van der Waals surface area contributed by atoms with Gasteiger partial charge in [0.15, 0.2) is 7.28 Å². The first-order chi connectivity index (χ1) is 6.22. The third-order valence-corrected chi connectivity index (χ3v) is 3.21. The van der Waals surface area contributed by atoms with Gasteiger partial charge in [-0.2, -0.15) is 0 Å². The van der Waals surface area contributed by atoms with Crippen molar-refractivity contribution in [3.8, 4) is 0 Å². The Morgan fingerprint density at radius 3 is 3.00 bits per heavy atom. The van der Waals surface area contributed by atoms with Gasteiger partial charge in [-0.15, -0.1) is 0 Å². The molecule has 1 atom stereocenters. The molecule has 1 aromatic carbocycles. The van der Waals surface area contributed by atoms with E-state index in [9.17, 15) is 4.39 Å². The smallest absolute Gasteiger partial charge is 0.162 e. The molecule has 0 aromatic heterocycles. The van der Waals surface area contributed by atoms with Crippen LogP contribution in [0.3, 0.4) is 0 Å². The lowest BCUT2D eigenvalue weighted by Gasteiger charge is -2.03. The zero-order valence-corrected chi connectivity index (χ0v) is 8.23. The zero-order chi connectivity index (χ0) is 9.42. The van der Waals surface area contributed by atoms with Crippen LogP contribution < -0.4 is 5.46 Å².